The van der Waals surface area contributed by atoms with Crippen molar-refractivity contribution in [1.82, 2.24) is 5.32 Å². The molecule has 1 aromatic carbocycles. The van der Waals surface area contributed by atoms with Crippen LogP contribution in [-0.2, 0) is 14.9 Å². The van der Waals surface area contributed by atoms with Crippen molar-refractivity contribution >= 4 is 16.2 Å². The fourth-order valence-corrected chi connectivity index (χ4v) is 2.07. The van der Waals surface area contributed by atoms with Crippen molar-refractivity contribution in [3.63, 3.8) is 0 Å². The quantitative estimate of drug-likeness (QED) is 0.596. The molecule has 142 valence electrons. The molecule has 0 saturated carbocycles. The van der Waals surface area contributed by atoms with Crippen molar-refractivity contribution in [3.05, 3.63) is 29.8 Å². The number of halogens is 3. The van der Waals surface area contributed by atoms with Crippen LogP contribution in [0.15, 0.2) is 24.3 Å². The molecule has 0 radical (unpaired) electrons. The third kappa shape index (κ3) is 6.42. The van der Waals surface area contributed by atoms with Crippen LogP contribution in [0.5, 0.6) is 5.75 Å². The van der Waals surface area contributed by atoms with Gasteiger partial charge in [0.05, 0.1) is 12.6 Å². The number of hydrogen-bond donors (Lipinski definition) is 2. The Hall–Kier alpha value is -2.01. The topological polar surface area (TPSA) is 102 Å². The van der Waals surface area contributed by atoms with Crippen molar-refractivity contribution < 1.29 is 40.4 Å². The molecule has 0 unspecified atom stereocenters. The summed E-state index contributed by atoms with van der Waals surface area (Å²) in [5, 5.41) is 11.7. The van der Waals surface area contributed by atoms with Crippen LogP contribution in [-0.4, -0.2) is 37.3 Å². The first-order valence-corrected chi connectivity index (χ1v) is 8.37. The van der Waals surface area contributed by atoms with Gasteiger partial charge in [-0.1, -0.05) is 12.1 Å². The molecule has 0 saturated heterocycles. The number of rotatable bonds is 5. The molecule has 2 N–H and O–H groups in total. The molecule has 0 aromatic heterocycles. The summed E-state index contributed by atoms with van der Waals surface area (Å²) >= 11 is 0. The monoisotopic (exact) mass is 385 g/mol. The van der Waals surface area contributed by atoms with E-state index < -0.39 is 45.7 Å². The molecule has 0 fully saturated rings. The maximum absolute atomic E-state index is 12.3. The van der Waals surface area contributed by atoms with E-state index in [4.69, 9.17) is 4.74 Å². The Balaban J connectivity index is 2.85. The lowest BCUT2D eigenvalue weighted by Gasteiger charge is -2.23. The highest BCUT2D eigenvalue weighted by molar-refractivity contribution is 7.88. The van der Waals surface area contributed by atoms with Crippen LogP contribution >= 0.6 is 0 Å². The van der Waals surface area contributed by atoms with Crippen molar-refractivity contribution in [2.45, 2.75) is 37.9 Å². The van der Waals surface area contributed by atoms with Crippen molar-refractivity contribution in [2.24, 2.45) is 0 Å². The van der Waals surface area contributed by atoms with Gasteiger partial charge in [-0.15, -0.1) is 0 Å². The Morgan fingerprint density at radius 3 is 2.12 bits per heavy atom. The molecule has 1 amide bonds. The summed E-state index contributed by atoms with van der Waals surface area (Å²) in [4.78, 5) is 11.7. The molecule has 0 bridgehead atoms. The molecule has 0 aliphatic heterocycles. The van der Waals surface area contributed by atoms with Crippen LogP contribution in [0.25, 0.3) is 0 Å². The third-order valence-electron chi connectivity index (χ3n) is 2.65. The zero-order valence-electron chi connectivity index (χ0n) is 13.6. The number of benzene rings is 1. The zero-order chi connectivity index (χ0) is 19.5. The van der Waals surface area contributed by atoms with Gasteiger partial charge >= 0.3 is 21.7 Å². The number of aliphatic hydroxyl groups excluding tert-OH is 1. The summed E-state index contributed by atoms with van der Waals surface area (Å²) in [6.07, 6.45) is -0.800. The first-order valence-electron chi connectivity index (χ1n) is 6.96. The third-order valence-corrected chi connectivity index (χ3v) is 3.62. The molecule has 1 rings (SSSR count). The smallest absolute Gasteiger partial charge is 0.444 e. The SMILES string of the molecule is CC(C)(C)OC(=O)N[C@@H](CO)c1ccc(OS(=O)(=O)C(F)(F)F)cc1. The highest BCUT2D eigenvalue weighted by Gasteiger charge is 2.48. The molecular weight excluding hydrogens is 367 g/mol. The van der Waals surface area contributed by atoms with Gasteiger partial charge in [-0.05, 0) is 38.5 Å². The van der Waals surface area contributed by atoms with E-state index in [2.05, 4.69) is 9.50 Å². The molecule has 1 atom stereocenters. The number of aliphatic hydroxyl groups is 1. The molecule has 25 heavy (non-hydrogen) atoms. The number of hydrogen-bond acceptors (Lipinski definition) is 6. The van der Waals surface area contributed by atoms with Crippen LogP contribution in [0, 0.1) is 0 Å². The van der Waals surface area contributed by atoms with Crippen molar-refractivity contribution in [2.75, 3.05) is 6.61 Å². The summed E-state index contributed by atoms with van der Waals surface area (Å²) in [6.45, 7) is 4.43. The fraction of sp³-hybridized carbons (Fsp3) is 0.500. The number of alkyl halides is 3. The van der Waals surface area contributed by atoms with Crippen LogP contribution < -0.4 is 9.50 Å². The average Bonchev–Trinajstić information content (AvgIpc) is 2.42. The van der Waals surface area contributed by atoms with E-state index in [0.717, 1.165) is 12.1 Å². The molecule has 0 aliphatic rings. The van der Waals surface area contributed by atoms with Crippen molar-refractivity contribution in [1.29, 1.82) is 0 Å². The number of amides is 1. The summed E-state index contributed by atoms with van der Waals surface area (Å²) in [7, 11) is -5.77. The average molecular weight is 385 g/mol. The van der Waals surface area contributed by atoms with E-state index >= 15 is 0 Å². The van der Waals surface area contributed by atoms with Gasteiger partial charge in [-0.3, -0.25) is 0 Å². The molecule has 7 nitrogen and oxygen atoms in total. The van der Waals surface area contributed by atoms with E-state index in [1.54, 1.807) is 20.8 Å². The Labute approximate surface area is 142 Å². The van der Waals surface area contributed by atoms with E-state index in [9.17, 15) is 31.5 Å². The van der Waals surface area contributed by atoms with E-state index in [0.29, 0.717) is 5.56 Å². The Morgan fingerprint density at radius 2 is 1.72 bits per heavy atom. The van der Waals surface area contributed by atoms with E-state index in [1.807, 2.05) is 0 Å². The Kier molecular flexibility index (Phi) is 6.29. The number of alkyl carbamates (subject to hydrolysis) is 1. The molecular formula is C14H18F3NO6S. The van der Waals surface area contributed by atoms with Crippen LogP contribution in [0.1, 0.15) is 32.4 Å². The molecule has 0 aliphatic carbocycles. The molecule has 11 heteroatoms. The lowest BCUT2D eigenvalue weighted by Crippen LogP contribution is -2.36. The van der Waals surface area contributed by atoms with Gasteiger partial charge in [-0.25, -0.2) is 4.79 Å². The number of ether oxygens (including phenoxy) is 1. The van der Waals surface area contributed by atoms with Gasteiger partial charge in [0.15, 0.2) is 0 Å². The fourth-order valence-electron chi connectivity index (χ4n) is 1.61. The maximum atomic E-state index is 12.3. The Bertz CT molecular complexity index is 695. The predicted octanol–water partition coefficient (Wildman–Crippen LogP) is 2.47. The number of carbonyl (C=O) groups is 1. The minimum absolute atomic E-state index is 0.310. The second-order valence-corrected chi connectivity index (χ2v) is 7.47. The first kappa shape index (κ1) is 21.0. The second-order valence-electron chi connectivity index (χ2n) is 5.93. The molecule has 0 spiro atoms. The van der Waals surface area contributed by atoms with Gasteiger partial charge in [0, 0.05) is 0 Å². The van der Waals surface area contributed by atoms with E-state index in [1.165, 1.54) is 12.1 Å². The highest BCUT2D eigenvalue weighted by Crippen LogP contribution is 2.27. The predicted molar refractivity (Wildman–Crippen MR) is 81.2 cm³/mol. The second kappa shape index (κ2) is 7.48. The zero-order valence-corrected chi connectivity index (χ0v) is 14.4. The van der Waals surface area contributed by atoms with Crippen LogP contribution in [0.3, 0.4) is 0 Å². The van der Waals surface area contributed by atoms with Gasteiger partial charge in [0.25, 0.3) is 0 Å². The van der Waals surface area contributed by atoms with Gasteiger partial charge in [0.2, 0.25) is 0 Å². The summed E-state index contributed by atoms with van der Waals surface area (Å²) < 4.78 is 67.6. The summed E-state index contributed by atoms with van der Waals surface area (Å²) in [6, 6.07) is 3.46. The number of carbonyl (C=O) groups excluding carboxylic acids is 1. The number of nitrogens with one attached hydrogen (secondary N) is 1. The summed E-state index contributed by atoms with van der Waals surface area (Å²) in [5.41, 5.74) is -5.99. The minimum atomic E-state index is -5.77. The Morgan fingerprint density at radius 1 is 1.20 bits per heavy atom. The minimum Gasteiger partial charge on any atom is -0.444 e. The lowest BCUT2D eigenvalue weighted by atomic mass is 10.1. The normalized spacial score (nSPS) is 13.9. The van der Waals surface area contributed by atoms with Crippen molar-refractivity contribution in [3.8, 4) is 5.75 Å². The largest absolute Gasteiger partial charge is 0.534 e. The molecule has 1 aromatic rings. The summed E-state index contributed by atoms with van der Waals surface area (Å²) in [5.74, 6) is -0.560. The van der Waals surface area contributed by atoms with Gasteiger partial charge in [-0.2, -0.15) is 21.6 Å². The highest BCUT2D eigenvalue weighted by atomic mass is 32.2. The van der Waals surface area contributed by atoms with E-state index in [-0.39, 0.29) is 0 Å². The standard InChI is InChI=1S/C14H18F3NO6S/c1-13(2,3)23-12(20)18-11(8-19)9-4-6-10(7-5-9)24-25(21,22)14(15,16)17/h4-7,11,19H,8H2,1-3H3,(H,18,20)/t11-/m0/s1. The molecule has 0 heterocycles. The van der Waals surface area contributed by atoms with Crippen LogP contribution in [0.2, 0.25) is 0 Å². The van der Waals surface area contributed by atoms with Crippen LogP contribution in [0.4, 0.5) is 18.0 Å². The maximum Gasteiger partial charge on any atom is 0.534 e. The first-order chi connectivity index (χ1) is 11.2. The van der Waals surface area contributed by atoms with Gasteiger partial charge < -0.3 is 19.3 Å². The lowest BCUT2D eigenvalue weighted by molar-refractivity contribution is -0.0500. The van der Waals surface area contributed by atoms with Gasteiger partial charge in [0.1, 0.15) is 11.4 Å².